The molecule has 3 aromatic rings. The van der Waals surface area contributed by atoms with Gasteiger partial charge in [-0.2, -0.15) is 9.78 Å². The quantitative estimate of drug-likeness (QED) is 0.544. The Hall–Kier alpha value is -3.22. The Morgan fingerprint density at radius 3 is 2.69 bits per heavy atom. The van der Waals surface area contributed by atoms with Crippen LogP contribution in [0.1, 0.15) is 66.9 Å². The summed E-state index contributed by atoms with van der Waals surface area (Å²) in [5, 5.41) is 8.42. The zero-order valence-corrected chi connectivity index (χ0v) is 19.0. The van der Waals surface area contributed by atoms with E-state index < -0.39 is 5.97 Å². The lowest BCUT2D eigenvalue weighted by Gasteiger charge is -2.21. The number of hydrogen-bond donors (Lipinski definition) is 1. The third-order valence-corrected chi connectivity index (χ3v) is 6.17. The molecule has 7 nitrogen and oxygen atoms in total. The lowest BCUT2D eigenvalue weighted by atomic mass is 9.87. The highest BCUT2D eigenvalue weighted by atomic mass is 16.5. The lowest BCUT2D eigenvalue weighted by Crippen LogP contribution is -2.21. The van der Waals surface area contributed by atoms with Crippen LogP contribution in [0.15, 0.2) is 30.5 Å². The minimum Gasteiger partial charge on any atom is -0.462 e. The van der Waals surface area contributed by atoms with Crippen molar-refractivity contribution in [2.45, 2.75) is 59.3 Å². The molecule has 7 heteroatoms. The zero-order chi connectivity index (χ0) is 22.7. The first-order chi connectivity index (χ1) is 15.5. The number of rotatable bonds is 6. The number of hydrogen-bond acceptors (Lipinski definition) is 5. The summed E-state index contributed by atoms with van der Waals surface area (Å²) in [5.74, 6) is 0.616. The molecule has 0 atom stereocenters. The average molecular weight is 435 g/mol. The molecule has 1 aliphatic rings. The molecule has 1 amide bonds. The van der Waals surface area contributed by atoms with Gasteiger partial charge < -0.3 is 10.1 Å². The normalized spacial score (nSPS) is 14.5. The van der Waals surface area contributed by atoms with Gasteiger partial charge in [-0.3, -0.25) is 4.79 Å². The first-order valence-electron chi connectivity index (χ1n) is 11.4. The highest BCUT2D eigenvalue weighted by molar-refractivity contribution is 6.00. The second-order valence-corrected chi connectivity index (χ2v) is 8.56. The molecule has 4 rings (SSSR count). The van der Waals surface area contributed by atoms with Crippen LogP contribution < -0.4 is 5.32 Å². The molecular formula is C25H30N4O3. The predicted octanol–water partition coefficient (Wildman–Crippen LogP) is 5.12. The first kappa shape index (κ1) is 22.0. The number of esters is 1. The number of para-hydroxylation sites is 1. The van der Waals surface area contributed by atoms with Crippen LogP contribution in [0.2, 0.25) is 0 Å². The van der Waals surface area contributed by atoms with Crippen molar-refractivity contribution in [1.29, 1.82) is 0 Å². The van der Waals surface area contributed by atoms with Gasteiger partial charge >= 0.3 is 5.97 Å². The summed E-state index contributed by atoms with van der Waals surface area (Å²) in [7, 11) is 0. The smallest absolute Gasteiger partial charge is 0.343 e. The van der Waals surface area contributed by atoms with Crippen LogP contribution >= 0.6 is 0 Å². The molecule has 2 heterocycles. The molecule has 0 saturated heterocycles. The standard InChI is InChI=1S/C25H30N4O3/c1-4-32-25(31)20-15-26-29(24(20)28-22(30)14-18-10-6-5-7-11-18)21-13-17(3)19-12-8-9-16(2)23(19)27-21/h8-9,12-13,15,18H,4-7,10-11,14H2,1-3H3,(H,28,30). The van der Waals surface area contributed by atoms with E-state index in [0.717, 1.165) is 34.9 Å². The van der Waals surface area contributed by atoms with Crippen molar-refractivity contribution >= 4 is 28.6 Å². The molecule has 2 aromatic heterocycles. The van der Waals surface area contributed by atoms with Gasteiger partial charge in [0.25, 0.3) is 0 Å². The van der Waals surface area contributed by atoms with Crippen LogP contribution in [0.3, 0.4) is 0 Å². The van der Waals surface area contributed by atoms with Crippen LogP contribution in [0.5, 0.6) is 0 Å². The van der Waals surface area contributed by atoms with Crippen LogP contribution in [-0.2, 0) is 9.53 Å². The molecule has 0 bridgehead atoms. The van der Waals surface area contributed by atoms with Gasteiger partial charge in [0.1, 0.15) is 5.56 Å². The Morgan fingerprint density at radius 2 is 1.94 bits per heavy atom. The molecule has 0 unspecified atom stereocenters. The van der Waals surface area contributed by atoms with Gasteiger partial charge in [0, 0.05) is 11.8 Å². The molecule has 32 heavy (non-hydrogen) atoms. The van der Waals surface area contributed by atoms with E-state index in [4.69, 9.17) is 9.72 Å². The van der Waals surface area contributed by atoms with Crippen LogP contribution in [0, 0.1) is 19.8 Å². The first-order valence-corrected chi connectivity index (χ1v) is 11.4. The summed E-state index contributed by atoms with van der Waals surface area (Å²) in [6.45, 7) is 6.02. The number of nitrogens with one attached hydrogen (secondary N) is 1. The number of fused-ring (bicyclic) bond motifs is 1. The number of nitrogens with zero attached hydrogens (tertiary/aromatic N) is 3. The van der Waals surface area contributed by atoms with E-state index in [-0.39, 0.29) is 18.1 Å². The maximum Gasteiger partial charge on any atom is 0.343 e. The van der Waals surface area contributed by atoms with Crippen molar-refractivity contribution in [1.82, 2.24) is 14.8 Å². The summed E-state index contributed by atoms with van der Waals surface area (Å²) < 4.78 is 6.73. The van der Waals surface area contributed by atoms with Gasteiger partial charge in [0.2, 0.25) is 5.91 Å². The minimum absolute atomic E-state index is 0.113. The van der Waals surface area contributed by atoms with Crippen molar-refractivity contribution < 1.29 is 14.3 Å². The Labute approximate surface area is 188 Å². The van der Waals surface area contributed by atoms with Gasteiger partial charge in [0.15, 0.2) is 11.6 Å². The summed E-state index contributed by atoms with van der Waals surface area (Å²) in [6.07, 6.45) is 7.60. The number of anilines is 1. The fourth-order valence-corrected chi connectivity index (χ4v) is 4.49. The van der Waals surface area contributed by atoms with E-state index in [1.165, 1.54) is 30.1 Å². The van der Waals surface area contributed by atoms with Crippen LogP contribution in [-0.4, -0.2) is 33.2 Å². The monoisotopic (exact) mass is 434 g/mol. The molecule has 1 aromatic carbocycles. The highest BCUT2D eigenvalue weighted by Crippen LogP contribution is 2.29. The van der Waals surface area contributed by atoms with Gasteiger partial charge in [-0.15, -0.1) is 0 Å². The minimum atomic E-state index is -0.514. The fraction of sp³-hybridized carbons (Fsp3) is 0.440. The third-order valence-electron chi connectivity index (χ3n) is 6.17. The number of aryl methyl sites for hydroxylation is 2. The van der Waals surface area contributed by atoms with Crippen molar-refractivity contribution in [2.24, 2.45) is 5.92 Å². The Kier molecular flexibility index (Phi) is 6.53. The second-order valence-electron chi connectivity index (χ2n) is 8.56. The molecule has 168 valence electrons. The zero-order valence-electron chi connectivity index (χ0n) is 19.0. The molecule has 0 spiro atoms. The Balaban J connectivity index is 1.72. The Bertz CT molecular complexity index is 1150. The summed E-state index contributed by atoms with van der Waals surface area (Å²) >= 11 is 0. The average Bonchev–Trinajstić information content (AvgIpc) is 3.18. The van der Waals surface area contributed by atoms with Gasteiger partial charge in [-0.1, -0.05) is 37.5 Å². The van der Waals surface area contributed by atoms with E-state index in [9.17, 15) is 9.59 Å². The van der Waals surface area contributed by atoms with E-state index in [2.05, 4.69) is 10.4 Å². The largest absolute Gasteiger partial charge is 0.462 e. The number of amides is 1. The third kappa shape index (κ3) is 4.52. The highest BCUT2D eigenvalue weighted by Gasteiger charge is 2.24. The van der Waals surface area contributed by atoms with Crippen LogP contribution in [0.25, 0.3) is 16.7 Å². The molecule has 1 saturated carbocycles. The van der Waals surface area contributed by atoms with Crippen molar-refractivity contribution in [3.8, 4) is 5.82 Å². The number of carbonyl (C=O) groups excluding carboxylic acids is 2. The second kappa shape index (κ2) is 9.51. The molecular weight excluding hydrogens is 404 g/mol. The maximum atomic E-state index is 12.9. The van der Waals surface area contributed by atoms with E-state index in [1.807, 2.05) is 38.1 Å². The fourth-order valence-electron chi connectivity index (χ4n) is 4.49. The molecule has 1 fully saturated rings. The number of ether oxygens (including phenoxy) is 1. The number of carbonyl (C=O) groups is 2. The summed E-state index contributed by atoms with van der Waals surface area (Å²) in [4.78, 5) is 30.3. The van der Waals surface area contributed by atoms with Crippen LogP contribution in [0.4, 0.5) is 5.82 Å². The Morgan fingerprint density at radius 1 is 1.16 bits per heavy atom. The van der Waals surface area contributed by atoms with Gasteiger partial charge in [0.05, 0.1) is 18.3 Å². The summed E-state index contributed by atoms with van der Waals surface area (Å²) in [6, 6.07) is 7.98. The van der Waals surface area contributed by atoms with Crippen molar-refractivity contribution in [3.63, 3.8) is 0 Å². The molecule has 1 N–H and O–H groups in total. The topological polar surface area (TPSA) is 86.1 Å². The van der Waals surface area contributed by atoms with Crippen molar-refractivity contribution in [2.75, 3.05) is 11.9 Å². The van der Waals surface area contributed by atoms with E-state index in [0.29, 0.717) is 24.0 Å². The number of benzene rings is 1. The van der Waals surface area contributed by atoms with Crippen molar-refractivity contribution in [3.05, 3.63) is 47.2 Å². The maximum absolute atomic E-state index is 12.9. The van der Waals surface area contributed by atoms with Gasteiger partial charge in [-0.05, 0) is 56.7 Å². The van der Waals surface area contributed by atoms with E-state index >= 15 is 0 Å². The molecule has 0 radical (unpaired) electrons. The lowest BCUT2D eigenvalue weighted by molar-refractivity contribution is -0.117. The molecule has 1 aliphatic carbocycles. The predicted molar refractivity (Wildman–Crippen MR) is 124 cm³/mol. The van der Waals surface area contributed by atoms with Gasteiger partial charge in [-0.25, -0.2) is 9.78 Å². The van der Waals surface area contributed by atoms with E-state index in [1.54, 1.807) is 6.92 Å². The SMILES string of the molecule is CCOC(=O)c1cnn(-c2cc(C)c3cccc(C)c3n2)c1NC(=O)CC1CCCCC1. The number of aromatic nitrogens is 3. The number of pyridine rings is 1. The summed E-state index contributed by atoms with van der Waals surface area (Å²) in [5.41, 5.74) is 3.19. The molecule has 0 aliphatic heterocycles.